The van der Waals surface area contributed by atoms with E-state index in [1.807, 2.05) is 36.4 Å². The number of hydrogen-bond donors (Lipinski definition) is 1. The molecule has 2 aromatic carbocycles. The Balaban J connectivity index is 2.33. The molecule has 3 nitrogen and oxygen atoms in total. The van der Waals surface area contributed by atoms with Gasteiger partial charge in [-0.3, -0.25) is 0 Å². The molecule has 0 atom stereocenters. The fourth-order valence-corrected chi connectivity index (χ4v) is 3.22. The van der Waals surface area contributed by atoms with Gasteiger partial charge in [0.1, 0.15) is 5.82 Å². The summed E-state index contributed by atoms with van der Waals surface area (Å²) in [7, 11) is 0. The third-order valence-corrected chi connectivity index (χ3v) is 4.04. The van der Waals surface area contributed by atoms with Gasteiger partial charge in [-0.1, -0.05) is 27.5 Å². The van der Waals surface area contributed by atoms with E-state index in [4.69, 9.17) is 22.3 Å². The van der Waals surface area contributed by atoms with Crippen LogP contribution in [0.3, 0.4) is 0 Å². The van der Waals surface area contributed by atoms with E-state index in [1.165, 1.54) is 0 Å². The number of nitrogens with zero attached hydrogens (tertiary/aromatic N) is 2. The van der Waals surface area contributed by atoms with Crippen LogP contribution in [0.2, 0.25) is 5.02 Å². The van der Waals surface area contributed by atoms with Crippen LogP contribution in [-0.2, 0) is 0 Å². The average Bonchev–Trinajstić information content (AvgIpc) is 2.75. The van der Waals surface area contributed by atoms with Crippen molar-refractivity contribution in [1.82, 2.24) is 9.55 Å². The highest BCUT2D eigenvalue weighted by Gasteiger charge is 2.15. The van der Waals surface area contributed by atoms with Gasteiger partial charge in [0.25, 0.3) is 0 Å². The predicted octanol–water partition coefficient (Wildman–Crippen LogP) is 5.28. The van der Waals surface area contributed by atoms with E-state index in [0.29, 0.717) is 10.7 Å². The largest absolute Gasteiger partial charge is 0.399 e. The minimum Gasteiger partial charge on any atom is -0.399 e. The first-order valence-electron chi connectivity index (χ1n) is 6.69. The van der Waals surface area contributed by atoms with Gasteiger partial charge >= 0.3 is 0 Å². The van der Waals surface area contributed by atoms with Crippen LogP contribution in [0, 0.1) is 0 Å². The number of rotatable bonds is 2. The summed E-state index contributed by atoms with van der Waals surface area (Å²) in [6, 6.07) is 11.9. The van der Waals surface area contributed by atoms with Crippen molar-refractivity contribution in [2.75, 3.05) is 5.73 Å². The van der Waals surface area contributed by atoms with Gasteiger partial charge in [0.05, 0.1) is 11.0 Å². The number of halogens is 2. The summed E-state index contributed by atoms with van der Waals surface area (Å²) in [5, 5.41) is 0.691. The number of benzene rings is 2. The molecular weight excluding hydrogens is 350 g/mol. The first kappa shape index (κ1) is 14.4. The molecule has 0 unspecified atom stereocenters. The van der Waals surface area contributed by atoms with E-state index in [9.17, 15) is 0 Å². The van der Waals surface area contributed by atoms with Crippen LogP contribution in [0.4, 0.5) is 5.69 Å². The van der Waals surface area contributed by atoms with Crippen LogP contribution in [0.25, 0.3) is 22.4 Å². The topological polar surface area (TPSA) is 43.8 Å². The van der Waals surface area contributed by atoms with Gasteiger partial charge in [-0.05, 0) is 50.2 Å². The minimum atomic E-state index is 0.284. The molecular formula is C16H15BrClN3. The van der Waals surface area contributed by atoms with Crippen molar-refractivity contribution < 1.29 is 0 Å². The lowest BCUT2D eigenvalue weighted by molar-refractivity contribution is 0.624. The SMILES string of the molecule is CC(C)n1c(-c2cc(N)cc(Br)c2)nc2cc(Cl)ccc21. The molecule has 1 heterocycles. The van der Waals surface area contributed by atoms with Crippen molar-refractivity contribution >= 4 is 44.3 Å². The highest BCUT2D eigenvalue weighted by Crippen LogP contribution is 2.32. The standard InChI is InChI=1S/C16H15BrClN3/c1-9(2)21-15-4-3-12(18)8-14(15)20-16(21)10-5-11(17)7-13(19)6-10/h3-9H,19H2,1-2H3. The van der Waals surface area contributed by atoms with E-state index >= 15 is 0 Å². The number of nitrogens with two attached hydrogens (primary N) is 1. The maximum Gasteiger partial charge on any atom is 0.141 e. The Kier molecular flexibility index (Phi) is 3.68. The molecule has 0 fully saturated rings. The molecule has 0 spiro atoms. The smallest absolute Gasteiger partial charge is 0.141 e. The van der Waals surface area contributed by atoms with Crippen molar-refractivity contribution in [1.29, 1.82) is 0 Å². The molecule has 5 heteroatoms. The number of hydrogen-bond acceptors (Lipinski definition) is 2. The Bertz CT molecular complexity index is 803. The molecule has 21 heavy (non-hydrogen) atoms. The molecule has 3 rings (SSSR count). The van der Waals surface area contributed by atoms with Crippen molar-refractivity contribution in [3.8, 4) is 11.4 Å². The van der Waals surface area contributed by atoms with Crippen LogP contribution >= 0.6 is 27.5 Å². The summed E-state index contributed by atoms with van der Waals surface area (Å²) in [5.74, 6) is 0.898. The van der Waals surface area contributed by atoms with Crippen LogP contribution in [0.1, 0.15) is 19.9 Å². The molecule has 0 radical (unpaired) electrons. The summed E-state index contributed by atoms with van der Waals surface area (Å²) in [6.45, 7) is 4.28. The quantitative estimate of drug-likeness (QED) is 0.628. The van der Waals surface area contributed by atoms with Crippen molar-refractivity contribution in [2.24, 2.45) is 0 Å². The van der Waals surface area contributed by atoms with Gasteiger partial charge in [-0.15, -0.1) is 0 Å². The zero-order valence-electron chi connectivity index (χ0n) is 11.8. The Morgan fingerprint density at radius 1 is 1.19 bits per heavy atom. The van der Waals surface area contributed by atoms with Gasteiger partial charge in [0.2, 0.25) is 0 Å². The normalized spacial score (nSPS) is 11.5. The zero-order valence-corrected chi connectivity index (χ0v) is 14.1. The Labute approximate surface area is 136 Å². The Hall–Kier alpha value is -1.52. The second kappa shape index (κ2) is 5.35. The molecule has 0 bridgehead atoms. The zero-order chi connectivity index (χ0) is 15.1. The van der Waals surface area contributed by atoms with E-state index in [2.05, 4.69) is 34.3 Å². The second-order valence-corrected chi connectivity index (χ2v) is 6.66. The van der Waals surface area contributed by atoms with Gasteiger partial charge in [0, 0.05) is 26.8 Å². The monoisotopic (exact) mass is 363 g/mol. The van der Waals surface area contributed by atoms with Gasteiger partial charge in [0.15, 0.2) is 0 Å². The van der Waals surface area contributed by atoms with Crippen LogP contribution < -0.4 is 5.73 Å². The summed E-state index contributed by atoms with van der Waals surface area (Å²) in [6.07, 6.45) is 0. The summed E-state index contributed by atoms with van der Waals surface area (Å²) in [5.41, 5.74) is 9.62. The lowest BCUT2D eigenvalue weighted by Gasteiger charge is -2.13. The molecule has 0 aliphatic heterocycles. The van der Waals surface area contributed by atoms with Crippen molar-refractivity contribution in [3.05, 3.63) is 45.9 Å². The fraction of sp³-hybridized carbons (Fsp3) is 0.188. The number of fused-ring (bicyclic) bond motifs is 1. The molecule has 0 saturated carbocycles. The maximum atomic E-state index is 6.08. The minimum absolute atomic E-state index is 0.284. The lowest BCUT2D eigenvalue weighted by atomic mass is 10.2. The number of anilines is 1. The Morgan fingerprint density at radius 3 is 2.62 bits per heavy atom. The van der Waals surface area contributed by atoms with Crippen molar-refractivity contribution in [3.63, 3.8) is 0 Å². The first-order valence-corrected chi connectivity index (χ1v) is 7.87. The van der Waals surface area contributed by atoms with E-state index in [-0.39, 0.29) is 6.04 Å². The summed E-state index contributed by atoms with van der Waals surface area (Å²) in [4.78, 5) is 4.75. The number of nitrogen functional groups attached to an aromatic ring is 1. The van der Waals surface area contributed by atoms with E-state index in [0.717, 1.165) is 26.9 Å². The average molecular weight is 365 g/mol. The van der Waals surface area contributed by atoms with Crippen LogP contribution in [-0.4, -0.2) is 9.55 Å². The summed E-state index contributed by atoms with van der Waals surface area (Å²) < 4.78 is 3.14. The van der Waals surface area contributed by atoms with Gasteiger partial charge in [-0.2, -0.15) is 0 Å². The highest BCUT2D eigenvalue weighted by atomic mass is 79.9. The van der Waals surface area contributed by atoms with Crippen molar-refractivity contribution in [2.45, 2.75) is 19.9 Å². The third-order valence-electron chi connectivity index (χ3n) is 3.35. The molecule has 0 amide bonds. The predicted molar refractivity (Wildman–Crippen MR) is 92.7 cm³/mol. The van der Waals surface area contributed by atoms with Gasteiger partial charge < -0.3 is 10.3 Å². The molecule has 3 aromatic rings. The lowest BCUT2D eigenvalue weighted by Crippen LogP contribution is -2.03. The van der Waals surface area contributed by atoms with E-state index in [1.54, 1.807) is 0 Å². The summed E-state index contributed by atoms with van der Waals surface area (Å²) >= 11 is 9.57. The molecule has 0 aliphatic carbocycles. The molecule has 0 saturated heterocycles. The van der Waals surface area contributed by atoms with Crippen LogP contribution in [0.5, 0.6) is 0 Å². The third kappa shape index (κ3) is 2.65. The number of imidazole rings is 1. The molecule has 1 aromatic heterocycles. The highest BCUT2D eigenvalue weighted by molar-refractivity contribution is 9.10. The molecule has 0 aliphatic rings. The van der Waals surface area contributed by atoms with Gasteiger partial charge in [-0.25, -0.2) is 4.98 Å². The first-order chi connectivity index (χ1) is 9.95. The molecule has 2 N–H and O–H groups in total. The number of aromatic nitrogens is 2. The molecule has 108 valence electrons. The fourth-order valence-electron chi connectivity index (χ4n) is 2.54. The van der Waals surface area contributed by atoms with E-state index < -0.39 is 0 Å². The van der Waals surface area contributed by atoms with Crippen LogP contribution in [0.15, 0.2) is 40.9 Å². The maximum absolute atomic E-state index is 6.08. The second-order valence-electron chi connectivity index (χ2n) is 5.31. The Morgan fingerprint density at radius 2 is 1.95 bits per heavy atom.